The van der Waals surface area contributed by atoms with E-state index < -0.39 is 209 Å². The van der Waals surface area contributed by atoms with Crippen molar-refractivity contribution in [3.63, 3.8) is 0 Å². The van der Waals surface area contributed by atoms with Crippen LogP contribution in [0.2, 0.25) is 0 Å². The summed E-state index contributed by atoms with van der Waals surface area (Å²) < 4.78 is 284. The second-order valence-electron chi connectivity index (χ2n) is 23.8. The molecule has 19 rings (SSSR count). The predicted octanol–water partition coefficient (Wildman–Crippen LogP) is 25.0. The van der Waals surface area contributed by atoms with E-state index in [2.05, 4.69) is 86.1 Å². The molecule has 0 saturated carbocycles. The molecule has 0 unspecified atom stereocenters. The minimum atomic E-state index is -0.732. The van der Waals surface area contributed by atoms with Crippen molar-refractivity contribution in [3.8, 4) is 55.6 Å². The quantitative estimate of drug-likeness (QED) is 0.123. The normalized spacial score (nSPS) is 17.7. The van der Waals surface area contributed by atoms with E-state index in [9.17, 15) is 8.22 Å². The molecule has 2 aromatic heterocycles. The van der Waals surface area contributed by atoms with E-state index in [0.29, 0.717) is 11.1 Å². The van der Waals surface area contributed by atoms with Gasteiger partial charge in [-0.3, -0.25) is 0 Å². The van der Waals surface area contributed by atoms with Crippen molar-refractivity contribution in [3.05, 3.63) is 319 Å². The first kappa shape index (κ1) is 36.4. The van der Waals surface area contributed by atoms with Crippen LogP contribution in [0.4, 0.5) is 0 Å². The molecule has 0 N–H and O–H groups in total. The third-order valence-corrected chi connectivity index (χ3v) is 18.5. The summed E-state index contributed by atoms with van der Waals surface area (Å²) in [5.41, 5.74) is 6.31. The Morgan fingerprint density at radius 2 is 0.629 bits per heavy atom. The van der Waals surface area contributed by atoms with Crippen molar-refractivity contribution in [2.24, 2.45) is 0 Å². The van der Waals surface area contributed by atoms with Crippen LogP contribution in [0.25, 0.3) is 164 Å². The Morgan fingerprint density at radius 3 is 1.05 bits per heavy atom. The zero-order chi connectivity index (χ0) is 90.8. The second kappa shape index (κ2) is 24.8. The second-order valence-corrected chi connectivity index (χ2v) is 24.6. The minimum Gasteiger partial charge on any atom is -0.456 e. The van der Waals surface area contributed by atoms with E-state index in [-0.39, 0.29) is 97.8 Å². The van der Waals surface area contributed by atoms with Gasteiger partial charge in [-0.15, -0.1) is 0 Å². The first-order valence-corrected chi connectivity index (χ1v) is 31.2. The summed E-state index contributed by atoms with van der Waals surface area (Å²) in [6.45, 7) is 8.30. The Labute approximate surface area is 617 Å². The molecule has 0 spiro atoms. The van der Waals surface area contributed by atoms with Crippen LogP contribution in [-0.2, 0) is 9.31 Å². The van der Waals surface area contributed by atoms with E-state index in [1.165, 1.54) is 5.56 Å². The van der Waals surface area contributed by atoms with Gasteiger partial charge in [0, 0.05) is 35.9 Å². The average molecular weight is 1340 g/mol. The van der Waals surface area contributed by atoms with Crippen molar-refractivity contribution in [1.82, 2.24) is 0 Å². The fourth-order valence-corrected chi connectivity index (χ4v) is 12.9. The van der Waals surface area contributed by atoms with Gasteiger partial charge < -0.3 is 18.1 Å². The predicted molar refractivity (Wildman–Crippen MR) is 417 cm³/mol. The lowest BCUT2D eigenvalue weighted by Crippen LogP contribution is -2.41. The molecule has 0 amide bonds. The van der Waals surface area contributed by atoms with Crippen LogP contribution in [-0.4, -0.2) is 26.7 Å². The zero-order valence-corrected chi connectivity index (χ0v) is 53.5. The molecule has 0 aliphatic carbocycles. The molecule has 18 aromatic rings. The van der Waals surface area contributed by atoms with Gasteiger partial charge >= 0.3 is 7.12 Å². The zero-order valence-electron chi connectivity index (χ0n) is 81.9. The maximum atomic E-state index is 9.38. The molecular formula is C90H66B2BrO4. The number of furan rings is 2. The molecule has 0 atom stereocenters. The van der Waals surface area contributed by atoms with E-state index in [4.69, 9.17) is 51.0 Å². The number of fused-ring (bicyclic) bond motifs is 12. The Kier molecular flexibility index (Phi) is 9.28. The third-order valence-electron chi connectivity index (χ3n) is 17.7. The van der Waals surface area contributed by atoms with E-state index in [1.807, 2.05) is 66.7 Å². The summed E-state index contributed by atoms with van der Waals surface area (Å²) in [7, 11) is -0.334. The summed E-state index contributed by atoms with van der Waals surface area (Å²) in [6.07, 6.45) is 0. The molecule has 97 heavy (non-hydrogen) atoms. The van der Waals surface area contributed by atoms with Gasteiger partial charge in [-0.1, -0.05) is 266 Å². The highest BCUT2D eigenvalue weighted by Crippen LogP contribution is 2.46. The molecule has 1 fully saturated rings. The molecule has 1 saturated heterocycles. The van der Waals surface area contributed by atoms with Crippen LogP contribution >= 0.6 is 15.9 Å². The van der Waals surface area contributed by atoms with Crippen molar-refractivity contribution in [2.75, 3.05) is 0 Å². The maximum Gasteiger partial charge on any atom is 0.494 e. The van der Waals surface area contributed by atoms with Crippen LogP contribution < -0.4 is 5.46 Å². The number of halogens is 1. The molecule has 16 aromatic carbocycles. The number of para-hydroxylation sites is 2. The lowest BCUT2D eigenvalue weighted by molar-refractivity contribution is 0.00578. The van der Waals surface area contributed by atoms with Crippen molar-refractivity contribution in [1.29, 1.82) is 0 Å². The highest BCUT2D eigenvalue weighted by Gasteiger charge is 2.51. The van der Waals surface area contributed by atoms with Gasteiger partial charge in [-0.05, 0) is 218 Å². The summed E-state index contributed by atoms with van der Waals surface area (Å²) in [4.78, 5) is 0. The first-order chi connectivity index (χ1) is 59.5. The first-order valence-electron chi connectivity index (χ1n) is 45.4. The van der Waals surface area contributed by atoms with E-state index in [1.54, 1.807) is 24.3 Å². The Morgan fingerprint density at radius 1 is 0.309 bits per heavy atom. The number of rotatable bonds is 6. The number of hydrogen-bond acceptors (Lipinski definition) is 4. The Hall–Kier alpha value is -10.8. The molecule has 1 aliphatic heterocycles. The Bertz CT molecular complexity index is 7760. The lowest BCUT2D eigenvalue weighted by atomic mass is 9.78. The molecule has 0 bridgehead atoms. The van der Waals surface area contributed by atoms with Gasteiger partial charge in [-0.2, -0.15) is 0 Å². The molecule has 3 radical (unpaired) electrons. The molecular weight excluding hydrogens is 1250 g/mol. The highest BCUT2D eigenvalue weighted by molar-refractivity contribution is 9.10. The summed E-state index contributed by atoms with van der Waals surface area (Å²) in [5.74, 6) is 0. The molecule has 1 aliphatic rings. The monoisotopic (exact) mass is 1340 g/mol. The molecule has 3 heterocycles. The Balaban J connectivity index is 0.000000156. The molecule has 7 heteroatoms. The van der Waals surface area contributed by atoms with Gasteiger partial charge in [-0.25, -0.2) is 0 Å². The maximum absolute atomic E-state index is 9.38. The van der Waals surface area contributed by atoms with Gasteiger partial charge in [0.15, 0.2) is 0 Å². The average Bonchev–Trinajstić information content (AvgIpc) is 1.19. The van der Waals surface area contributed by atoms with Gasteiger partial charge in [0.1, 0.15) is 22.3 Å². The largest absolute Gasteiger partial charge is 0.494 e. The van der Waals surface area contributed by atoms with Crippen LogP contribution in [0, 0.1) is 0 Å². The third kappa shape index (κ3) is 10.9. The summed E-state index contributed by atoms with van der Waals surface area (Å²) in [6, 6.07) is 23.7. The van der Waals surface area contributed by atoms with E-state index >= 15 is 0 Å². The number of hydrogen-bond donors (Lipinski definition) is 0. The summed E-state index contributed by atoms with van der Waals surface area (Å²) >= 11 is 3.28. The smallest absolute Gasteiger partial charge is 0.456 e. The molecule has 4 nitrogen and oxygen atoms in total. The van der Waals surface area contributed by atoms with Gasteiger partial charge in [0.25, 0.3) is 0 Å². The van der Waals surface area contributed by atoms with E-state index in [0.717, 1.165) is 60.4 Å². The fraction of sp³-hybridized carbons (Fsp3) is 0.0667. The minimum absolute atomic E-state index is 0. The van der Waals surface area contributed by atoms with Gasteiger partial charge in [0.05, 0.1) is 52.3 Å². The van der Waals surface area contributed by atoms with Gasteiger partial charge in [0.2, 0.25) is 0 Å². The van der Waals surface area contributed by atoms with Crippen molar-refractivity contribution < 1.29 is 60.7 Å². The van der Waals surface area contributed by atoms with Crippen LogP contribution in [0.15, 0.2) is 328 Å². The van der Waals surface area contributed by atoms with Crippen molar-refractivity contribution >= 4 is 145 Å². The van der Waals surface area contributed by atoms with Crippen LogP contribution in [0.5, 0.6) is 0 Å². The highest BCUT2D eigenvalue weighted by atomic mass is 79.9. The van der Waals surface area contributed by atoms with Crippen LogP contribution in [0.1, 0.15) is 70.2 Å². The summed E-state index contributed by atoms with van der Waals surface area (Å²) in [5, 5.41) is 0.659. The van der Waals surface area contributed by atoms with Crippen LogP contribution in [0.3, 0.4) is 0 Å². The molecule has 463 valence electrons. The topological polar surface area (TPSA) is 44.7 Å². The SMILES string of the molecule is CC1(C)OB(c2ccc(-c3ccc4oc5ccccc5c4c3)cc2)OC1(C)C.[2HH].[2H]c1c([2H])c([2H])c2c([2H])c(-c3c4c([2H])c([2H])c([2H])c([2H])c4c(-c4ccc(-c5ccc6oc7ccccc7c6c5)cc4)c4c([2H])c([2H])c([2H])c([2H])c34)c([2H])c([2H])c2c1[2H].[2H]c1c([2H])c([2H])c2c([2H])c(-c3c4c([2H])c([2H])c([2H])c([2H])c4c(Br)c4c([2H])c([2H])c([2H])c([2H])c34)c([2H])c([2H])c2c1[2H].[B]. The standard InChI is InChI=1S/C42H26O.C24H23BO3.C24H15Br.B.H2/c1-2-10-30-25-32(22-19-27(30)9-1)42-36-14-5-3-12-34(36)41(35-13-4-6-15-37(35)42)29-20-17-28(18-21-29)31-23-24-40-38(26-31)33-11-7-8-16-39(33)43-40;1-23(2)24(3,4)28-25(27-23)18-12-9-16(10-13-18)17-11-14-22-20(15-17)19-7-5-6-8-21(19)26-22;25-24-21-11-5-3-9-19(21)23(20-10-4-6-12-22(20)24)18-14-13-16-7-1-2-8-17(16)15-18;;/h1-26H;5-15H,1-4H3;1-15H;;1H/i1D,2D,3D,4D,5D,6D,9D,10D,12D,13D,14D,15D,19D,22D,25D;;1D,2D,3D,4D,5D,6D,7D,8D,9D,10D,11D,12D,13D,14D,15D;;1+1. The lowest BCUT2D eigenvalue weighted by Gasteiger charge is -2.32. The van der Waals surface area contributed by atoms with Crippen molar-refractivity contribution in [2.45, 2.75) is 38.9 Å². The number of benzene rings is 16. The fourth-order valence-electron chi connectivity index (χ4n) is 12.3.